The third-order valence-electron chi connectivity index (χ3n) is 4.45. The molecule has 1 aliphatic heterocycles. The van der Waals surface area contributed by atoms with Gasteiger partial charge < -0.3 is 15.0 Å². The number of nitrogens with zero attached hydrogens (tertiary/aromatic N) is 2. The average Bonchev–Trinajstić information content (AvgIpc) is 3.04. The van der Waals surface area contributed by atoms with Gasteiger partial charge in [-0.25, -0.2) is 23.3 Å². The molecule has 0 atom stereocenters. The quantitative estimate of drug-likeness (QED) is 0.481. The number of aliphatic carboxylic acids is 1. The third-order valence-corrected chi connectivity index (χ3v) is 5.38. The first kappa shape index (κ1) is 20.3. The summed E-state index contributed by atoms with van der Waals surface area (Å²) in [5.41, 5.74) is 2.83. The number of hydrogen-bond acceptors (Lipinski definition) is 5. The highest BCUT2D eigenvalue weighted by Gasteiger charge is 2.35. The normalized spacial score (nSPS) is 15.8. The minimum Gasteiger partial charge on any atom is -0.480 e. The molecule has 1 aromatic heterocycles. The molecular formula is C18H18N4O6S. The molecule has 29 heavy (non-hydrogen) atoms. The summed E-state index contributed by atoms with van der Waals surface area (Å²) < 4.78 is 24.7. The highest BCUT2D eigenvalue weighted by molar-refractivity contribution is 7.89. The number of nitrogens with one attached hydrogen (secondary N) is 1. The summed E-state index contributed by atoms with van der Waals surface area (Å²) in [6.45, 7) is 2.90. The molecule has 152 valence electrons. The summed E-state index contributed by atoms with van der Waals surface area (Å²) in [6, 6.07) is 6.99. The predicted octanol–water partition coefficient (Wildman–Crippen LogP) is 0.719. The van der Waals surface area contributed by atoms with Crippen LogP contribution in [0.1, 0.15) is 17.0 Å². The number of aryl methyl sites for hydroxylation is 1. The van der Waals surface area contributed by atoms with Crippen molar-refractivity contribution in [1.82, 2.24) is 14.8 Å². The smallest absolute Gasteiger partial charge is 0.329 e. The number of nitrogens with two attached hydrogens (primary N) is 1. The number of amides is 3. The van der Waals surface area contributed by atoms with Crippen LogP contribution in [0.2, 0.25) is 0 Å². The van der Waals surface area contributed by atoms with Crippen molar-refractivity contribution < 1.29 is 27.9 Å². The van der Waals surface area contributed by atoms with E-state index in [0.29, 0.717) is 16.2 Å². The van der Waals surface area contributed by atoms with Gasteiger partial charge in [-0.05, 0) is 55.8 Å². The molecule has 0 spiro atoms. The van der Waals surface area contributed by atoms with Crippen molar-refractivity contribution in [2.45, 2.75) is 18.7 Å². The second-order valence-corrected chi connectivity index (χ2v) is 8.04. The molecule has 1 aliphatic rings. The number of aromatic nitrogens is 1. The lowest BCUT2D eigenvalue weighted by atomic mass is 10.2. The van der Waals surface area contributed by atoms with Crippen molar-refractivity contribution in [2.75, 3.05) is 6.54 Å². The molecule has 3 rings (SSSR count). The molecule has 0 aliphatic carbocycles. The van der Waals surface area contributed by atoms with E-state index in [2.05, 4.69) is 5.32 Å². The van der Waals surface area contributed by atoms with Gasteiger partial charge in [0.1, 0.15) is 12.2 Å². The molecule has 2 heterocycles. The van der Waals surface area contributed by atoms with Gasteiger partial charge in [-0.1, -0.05) is 0 Å². The first-order valence-corrected chi connectivity index (χ1v) is 9.92. The Bertz CT molecular complexity index is 1160. The zero-order valence-electron chi connectivity index (χ0n) is 15.5. The van der Waals surface area contributed by atoms with Crippen molar-refractivity contribution in [3.63, 3.8) is 0 Å². The number of carboxylic acid groups (broad SMARTS) is 1. The SMILES string of the molecule is Cc1cc(/C=C2/NC(=O)N(CC(=O)O)C2=O)c(C)n1-c1ccc(S(N)(=O)=O)cc1. The first-order chi connectivity index (χ1) is 13.5. The van der Waals surface area contributed by atoms with Gasteiger partial charge in [-0.15, -0.1) is 0 Å². The van der Waals surface area contributed by atoms with Gasteiger partial charge in [0.2, 0.25) is 10.0 Å². The number of benzene rings is 1. The van der Waals surface area contributed by atoms with Crippen LogP contribution in [-0.2, 0) is 19.6 Å². The summed E-state index contributed by atoms with van der Waals surface area (Å²) in [4.78, 5) is 35.5. The molecular weight excluding hydrogens is 400 g/mol. The maximum absolute atomic E-state index is 12.3. The summed E-state index contributed by atoms with van der Waals surface area (Å²) in [6.07, 6.45) is 1.47. The number of carbonyl (C=O) groups excluding carboxylic acids is 2. The molecule has 1 saturated heterocycles. The minimum absolute atomic E-state index is 0.0103. The van der Waals surface area contributed by atoms with Crippen molar-refractivity contribution in [3.8, 4) is 5.69 Å². The summed E-state index contributed by atoms with van der Waals surface area (Å²) in [5.74, 6) is -2.02. The number of sulfonamides is 1. The van der Waals surface area contributed by atoms with Gasteiger partial charge in [0, 0.05) is 17.1 Å². The van der Waals surface area contributed by atoms with E-state index in [-0.39, 0.29) is 10.6 Å². The second-order valence-electron chi connectivity index (χ2n) is 6.47. The maximum atomic E-state index is 12.3. The van der Waals surface area contributed by atoms with Crippen molar-refractivity contribution in [1.29, 1.82) is 0 Å². The molecule has 1 fully saturated rings. The van der Waals surface area contributed by atoms with Gasteiger partial charge in [-0.3, -0.25) is 9.59 Å². The topological polar surface area (TPSA) is 152 Å². The van der Waals surface area contributed by atoms with Crippen LogP contribution in [0, 0.1) is 13.8 Å². The molecule has 3 amide bonds. The number of rotatable bonds is 5. The molecule has 4 N–H and O–H groups in total. The highest BCUT2D eigenvalue weighted by Crippen LogP contribution is 2.24. The fraction of sp³-hybridized carbons (Fsp3) is 0.167. The Balaban J connectivity index is 1.96. The lowest BCUT2D eigenvalue weighted by Gasteiger charge is -2.10. The van der Waals surface area contributed by atoms with Crippen LogP contribution in [0.15, 0.2) is 40.9 Å². The molecule has 0 saturated carbocycles. The number of carbonyl (C=O) groups is 3. The van der Waals surface area contributed by atoms with Crippen LogP contribution in [0.3, 0.4) is 0 Å². The van der Waals surface area contributed by atoms with E-state index in [4.69, 9.17) is 10.2 Å². The Kier molecular flexibility index (Phi) is 5.03. The Hall–Kier alpha value is -3.44. The molecule has 0 bridgehead atoms. The van der Waals surface area contributed by atoms with Crippen molar-refractivity contribution in [2.24, 2.45) is 5.14 Å². The van der Waals surface area contributed by atoms with Crippen LogP contribution >= 0.6 is 0 Å². The largest absolute Gasteiger partial charge is 0.480 e. The van der Waals surface area contributed by atoms with E-state index in [1.54, 1.807) is 25.1 Å². The Morgan fingerprint density at radius 1 is 1.21 bits per heavy atom. The van der Waals surface area contributed by atoms with Gasteiger partial charge in [0.05, 0.1) is 4.90 Å². The average molecular weight is 418 g/mol. The Morgan fingerprint density at radius 2 is 1.83 bits per heavy atom. The van der Waals surface area contributed by atoms with Crippen LogP contribution < -0.4 is 10.5 Å². The van der Waals surface area contributed by atoms with Crippen LogP contribution in [0.5, 0.6) is 0 Å². The first-order valence-electron chi connectivity index (χ1n) is 8.37. The molecule has 0 radical (unpaired) electrons. The Morgan fingerprint density at radius 3 is 2.38 bits per heavy atom. The number of imide groups is 1. The summed E-state index contributed by atoms with van der Waals surface area (Å²) in [7, 11) is -3.80. The van der Waals surface area contributed by atoms with E-state index >= 15 is 0 Å². The summed E-state index contributed by atoms with van der Waals surface area (Å²) in [5, 5.41) is 16.3. The monoisotopic (exact) mass is 418 g/mol. The van der Waals surface area contributed by atoms with E-state index in [9.17, 15) is 22.8 Å². The molecule has 1 aromatic carbocycles. The lowest BCUT2D eigenvalue weighted by molar-refractivity contribution is -0.140. The predicted molar refractivity (Wildman–Crippen MR) is 102 cm³/mol. The molecule has 2 aromatic rings. The van der Waals surface area contributed by atoms with E-state index in [1.165, 1.54) is 18.2 Å². The van der Waals surface area contributed by atoms with Gasteiger partial charge >= 0.3 is 12.0 Å². The minimum atomic E-state index is -3.80. The number of hydrogen-bond donors (Lipinski definition) is 3. The Labute approximate surface area is 166 Å². The third kappa shape index (κ3) is 3.91. The maximum Gasteiger partial charge on any atom is 0.329 e. The number of urea groups is 1. The summed E-state index contributed by atoms with van der Waals surface area (Å²) >= 11 is 0. The van der Waals surface area contributed by atoms with Gasteiger partial charge in [0.15, 0.2) is 0 Å². The fourth-order valence-corrected chi connectivity index (χ4v) is 3.64. The lowest BCUT2D eigenvalue weighted by Crippen LogP contribution is -2.35. The van der Waals surface area contributed by atoms with Crippen molar-refractivity contribution in [3.05, 3.63) is 53.0 Å². The molecule has 10 nitrogen and oxygen atoms in total. The molecule has 11 heteroatoms. The fourth-order valence-electron chi connectivity index (χ4n) is 3.12. The molecule has 0 unspecified atom stereocenters. The van der Waals surface area contributed by atoms with Gasteiger partial charge in [0.25, 0.3) is 5.91 Å². The highest BCUT2D eigenvalue weighted by atomic mass is 32.2. The zero-order chi connectivity index (χ0) is 21.5. The van der Waals surface area contributed by atoms with Crippen LogP contribution in [0.4, 0.5) is 4.79 Å². The van der Waals surface area contributed by atoms with Crippen LogP contribution in [0.25, 0.3) is 11.8 Å². The number of primary sulfonamides is 1. The van der Waals surface area contributed by atoms with Gasteiger partial charge in [-0.2, -0.15) is 0 Å². The van der Waals surface area contributed by atoms with Crippen LogP contribution in [-0.4, -0.2) is 47.4 Å². The van der Waals surface area contributed by atoms with E-state index < -0.39 is 34.5 Å². The second kappa shape index (κ2) is 7.18. The van der Waals surface area contributed by atoms with Crippen molar-refractivity contribution >= 4 is 34.0 Å². The standard InChI is InChI=1S/C18H18N4O6S/c1-10-7-12(8-15-17(25)21(9-16(23)24)18(26)20-15)11(2)22(10)13-3-5-14(6-4-13)29(19,27)28/h3-8H,9H2,1-2H3,(H,20,26)(H,23,24)(H2,19,27,28)/b15-8+. The van der Waals surface area contributed by atoms with E-state index in [1.807, 2.05) is 11.5 Å². The van der Waals surface area contributed by atoms with E-state index in [0.717, 1.165) is 11.4 Å². The number of carboxylic acids is 1. The zero-order valence-corrected chi connectivity index (χ0v) is 16.4.